The lowest BCUT2D eigenvalue weighted by molar-refractivity contribution is 0.284. The molecule has 1 heterocycles. The van der Waals surface area contributed by atoms with Crippen LogP contribution in [0.25, 0.3) is 0 Å². The molecular formula is C21H22N4O3S. The van der Waals surface area contributed by atoms with Crippen LogP contribution in [0, 0.1) is 13.8 Å². The Kier molecular flexibility index (Phi) is 6.66. The van der Waals surface area contributed by atoms with Gasteiger partial charge in [-0.05, 0) is 49.4 Å². The molecule has 0 amide bonds. The molecule has 0 saturated carbocycles. The average molecular weight is 410 g/mol. The Morgan fingerprint density at radius 3 is 2.55 bits per heavy atom. The van der Waals surface area contributed by atoms with Crippen LogP contribution in [0.5, 0.6) is 11.5 Å². The molecule has 0 fully saturated rings. The Hall–Kier alpha value is -3.13. The van der Waals surface area contributed by atoms with Gasteiger partial charge in [-0.15, -0.1) is 10.2 Å². The van der Waals surface area contributed by atoms with Crippen molar-refractivity contribution in [2.45, 2.75) is 25.6 Å². The minimum absolute atomic E-state index is 0.289. The summed E-state index contributed by atoms with van der Waals surface area (Å²) in [4.78, 5) is 12.3. The van der Waals surface area contributed by atoms with Crippen molar-refractivity contribution in [2.24, 2.45) is 5.10 Å². The summed E-state index contributed by atoms with van der Waals surface area (Å²) in [6.45, 7) is 4.07. The van der Waals surface area contributed by atoms with E-state index in [1.165, 1.54) is 22.0 Å². The summed E-state index contributed by atoms with van der Waals surface area (Å²) in [6.07, 6.45) is 3.40. The van der Waals surface area contributed by atoms with E-state index in [9.17, 15) is 4.79 Å². The molecule has 2 aromatic carbocycles. The van der Waals surface area contributed by atoms with Crippen LogP contribution in [0.1, 0.15) is 22.4 Å². The number of rotatable bonds is 7. The molecule has 0 unspecified atom stereocenters. The Morgan fingerprint density at radius 2 is 1.86 bits per heavy atom. The summed E-state index contributed by atoms with van der Waals surface area (Å²) < 4.78 is 12.6. The average Bonchev–Trinajstić information content (AvgIpc) is 2.74. The van der Waals surface area contributed by atoms with Gasteiger partial charge in [0.2, 0.25) is 5.16 Å². The summed E-state index contributed by atoms with van der Waals surface area (Å²) in [7, 11) is 1.59. The van der Waals surface area contributed by atoms with Gasteiger partial charge in [-0.2, -0.15) is 9.78 Å². The lowest BCUT2D eigenvalue weighted by atomic mass is 10.1. The van der Waals surface area contributed by atoms with Crippen molar-refractivity contribution >= 4 is 18.0 Å². The molecule has 0 N–H and O–H groups in total. The van der Waals surface area contributed by atoms with Crippen LogP contribution >= 0.6 is 11.8 Å². The van der Waals surface area contributed by atoms with E-state index in [0.717, 1.165) is 11.1 Å². The summed E-state index contributed by atoms with van der Waals surface area (Å²) in [5.74, 6) is 1.22. The molecule has 0 aliphatic carbocycles. The number of hydrogen-bond donors (Lipinski definition) is 0. The van der Waals surface area contributed by atoms with Crippen LogP contribution in [0.4, 0.5) is 0 Å². The van der Waals surface area contributed by atoms with Gasteiger partial charge in [0.15, 0.2) is 11.5 Å². The number of methoxy groups -OCH3 is 1. The van der Waals surface area contributed by atoms with Gasteiger partial charge in [-0.1, -0.05) is 41.6 Å². The molecule has 0 saturated heterocycles. The number of aromatic nitrogens is 3. The van der Waals surface area contributed by atoms with E-state index in [1.807, 2.05) is 49.6 Å². The highest BCUT2D eigenvalue weighted by molar-refractivity contribution is 7.98. The van der Waals surface area contributed by atoms with Gasteiger partial charge in [-0.25, -0.2) is 0 Å². The number of thioether (sulfide) groups is 1. The topological polar surface area (TPSA) is 78.6 Å². The van der Waals surface area contributed by atoms with Crippen molar-refractivity contribution in [3.05, 3.63) is 75.2 Å². The molecule has 7 nitrogen and oxygen atoms in total. The lowest BCUT2D eigenvalue weighted by Crippen LogP contribution is -2.23. The van der Waals surface area contributed by atoms with Crippen LogP contribution in [0.2, 0.25) is 0 Å². The number of hydrogen-bond acceptors (Lipinski definition) is 7. The van der Waals surface area contributed by atoms with Crippen LogP contribution < -0.4 is 15.0 Å². The molecule has 150 valence electrons. The van der Waals surface area contributed by atoms with Crippen molar-refractivity contribution in [3.63, 3.8) is 0 Å². The third kappa shape index (κ3) is 5.03. The smallest absolute Gasteiger partial charge is 0.296 e. The van der Waals surface area contributed by atoms with Crippen LogP contribution in [0.3, 0.4) is 0 Å². The van der Waals surface area contributed by atoms with E-state index in [2.05, 4.69) is 15.3 Å². The summed E-state index contributed by atoms with van der Waals surface area (Å²) in [5, 5.41) is 12.6. The van der Waals surface area contributed by atoms with Gasteiger partial charge in [0.25, 0.3) is 5.56 Å². The van der Waals surface area contributed by atoms with E-state index in [0.29, 0.717) is 23.3 Å². The van der Waals surface area contributed by atoms with E-state index in [4.69, 9.17) is 9.47 Å². The molecule has 3 rings (SSSR count). The zero-order valence-electron chi connectivity index (χ0n) is 16.7. The van der Waals surface area contributed by atoms with Gasteiger partial charge < -0.3 is 9.47 Å². The van der Waals surface area contributed by atoms with Crippen LogP contribution in [-0.2, 0) is 6.61 Å². The number of ether oxygens (including phenoxy) is 2. The predicted molar refractivity (Wildman–Crippen MR) is 114 cm³/mol. The Labute approximate surface area is 173 Å². The molecule has 1 aromatic heterocycles. The SMILES string of the molecule is COc1ccc(/C=N\n2c(SC)nnc(C)c2=O)cc1OCc1ccc(C)cc1. The number of nitrogens with zero attached hydrogens (tertiary/aromatic N) is 4. The van der Waals surface area contributed by atoms with Crippen molar-refractivity contribution < 1.29 is 9.47 Å². The van der Waals surface area contributed by atoms with Crippen LogP contribution in [0.15, 0.2) is 57.5 Å². The molecule has 3 aromatic rings. The second-order valence-corrected chi connectivity index (χ2v) is 7.09. The highest BCUT2D eigenvalue weighted by Crippen LogP contribution is 2.28. The largest absolute Gasteiger partial charge is 0.493 e. The quantitative estimate of drug-likeness (QED) is 0.439. The Morgan fingerprint density at radius 1 is 1.10 bits per heavy atom. The molecule has 0 aliphatic heterocycles. The molecule has 0 atom stereocenters. The number of benzene rings is 2. The van der Waals surface area contributed by atoms with Crippen molar-refractivity contribution in [1.29, 1.82) is 0 Å². The molecule has 0 spiro atoms. The Balaban J connectivity index is 1.85. The van der Waals surface area contributed by atoms with E-state index >= 15 is 0 Å². The third-order valence-electron chi connectivity index (χ3n) is 4.18. The number of aryl methyl sites for hydroxylation is 2. The van der Waals surface area contributed by atoms with Crippen molar-refractivity contribution in [2.75, 3.05) is 13.4 Å². The first-order valence-electron chi connectivity index (χ1n) is 8.93. The maximum Gasteiger partial charge on any atom is 0.296 e. The lowest BCUT2D eigenvalue weighted by Gasteiger charge is -2.11. The zero-order valence-corrected chi connectivity index (χ0v) is 17.6. The van der Waals surface area contributed by atoms with Gasteiger partial charge in [0.05, 0.1) is 13.3 Å². The standard InChI is InChI=1S/C21H22N4O3S/c1-14-5-7-16(8-6-14)13-28-19-11-17(9-10-18(19)27-3)12-22-25-20(26)15(2)23-24-21(25)29-4/h5-12H,13H2,1-4H3/b22-12-. The van der Waals surface area contributed by atoms with E-state index < -0.39 is 0 Å². The molecule has 0 aliphatic rings. The summed E-state index contributed by atoms with van der Waals surface area (Å²) in [5.41, 5.74) is 3.01. The van der Waals surface area contributed by atoms with Gasteiger partial charge >= 0.3 is 0 Å². The Bertz CT molecular complexity index is 1080. The summed E-state index contributed by atoms with van der Waals surface area (Å²) >= 11 is 1.30. The summed E-state index contributed by atoms with van der Waals surface area (Å²) in [6, 6.07) is 13.6. The van der Waals surface area contributed by atoms with Crippen molar-refractivity contribution in [3.8, 4) is 11.5 Å². The molecule has 8 heteroatoms. The first kappa shape index (κ1) is 20.6. The van der Waals surface area contributed by atoms with Crippen LogP contribution in [-0.4, -0.2) is 34.5 Å². The van der Waals surface area contributed by atoms with E-state index in [-0.39, 0.29) is 11.3 Å². The molecular weight excluding hydrogens is 388 g/mol. The normalized spacial score (nSPS) is 11.0. The highest BCUT2D eigenvalue weighted by atomic mass is 32.2. The highest BCUT2D eigenvalue weighted by Gasteiger charge is 2.09. The second kappa shape index (κ2) is 9.38. The fraction of sp³-hybridized carbons (Fsp3) is 0.238. The zero-order chi connectivity index (χ0) is 20.8. The maximum absolute atomic E-state index is 12.3. The maximum atomic E-state index is 12.3. The van der Waals surface area contributed by atoms with E-state index in [1.54, 1.807) is 26.3 Å². The minimum atomic E-state index is -0.301. The predicted octanol–water partition coefficient (Wildman–Crippen LogP) is 3.45. The molecule has 0 radical (unpaired) electrons. The fourth-order valence-electron chi connectivity index (χ4n) is 2.53. The van der Waals surface area contributed by atoms with Gasteiger partial charge in [0.1, 0.15) is 12.3 Å². The molecule has 29 heavy (non-hydrogen) atoms. The van der Waals surface area contributed by atoms with Crippen molar-refractivity contribution in [1.82, 2.24) is 14.9 Å². The first-order valence-corrected chi connectivity index (χ1v) is 10.2. The van der Waals surface area contributed by atoms with Gasteiger partial charge in [0, 0.05) is 0 Å². The monoisotopic (exact) mass is 410 g/mol. The minimum Gasteiger partial charge on any atom is -0.493 e. The fourth-order valence-corrected chi connectivity index (χ4v) is 2.95. The second-order valence-electron chi connectivity index (χ2n) is 6.32. The third-order valence-corrected chi connectivity index (χ3v) is 4.80. The first-order chi connectivity index (χ1) is 14.0. The van der Waals surface area contributed by atoms with Gasteiger partial charge in [-0.3, -0.25) is 4.79 Å². The molecule has 0 bridgehead atoms.